The fourth-order valence-electron chi connectivity index (χ4n) is 3.15. The van der Waals surface area contributed by atoms with Crippen molar-refractivity contribution in [3.63, 3.8) is 0 Å². The van der Waals surface area contributed by atoms with E-state index in [-0.39, 0.29) is 11.6 Å². The molecule has 134 valence electrons. The van der Waals surface area contributed by atoms with E-state index >= 15 is 0 Å². The minimum absolute atomic E-state index is 0.275. The maximum absolute atomic E-state index is 12.1. The largest absolute Gasteiger partial charge is 0.444 e. The Morgan fingerprint density at radius 2 is 2.00 bits per heavy atom. The molecule has 0 spiro atoms. The van der Waals surface area contributed by atoms with Crippen molar-refractivity contribution < 1.29 is 19.0 Å². The van der Waals surface area contributed by atoms with E-state index in [0.717, 1.165) is 32.7 Å². The van der Waals surface area contributed by atoms with Gasteiger partial charge in [-0.15, -0.1) is 0 Å². The number of carbonyl (C=O) groups excluding carboxylic acids is 1. The molecule has 2 fully saturated rings. The van der Waals surface area contributed by atoms with Crippen LogP contribution in [0.3, 0.4) is 0 Å². The molecule has 1 saturated heterocycles. The van der Waals surface area contributed by atoms with E-state index in [2.05, 4.69) is 24.1 Å². The zero-order valence-electron chi connectivity index (χ0n) is 15.2. The zero-order chi connectivity index (χ0) is 17.1. The Morgan fingerprint density at radius 3 is 2.52 bits per heavy atom. The van der Waals surface area contributed by atoms with E-state index in [1.165, 1.54) is 0 Å². The van der Waals surface area contributed by atoms with Crippen molar-refractivity contribution in [3.8, 4) is 0 Å². The van der Waals surface area contributed by atoms with E-state index in [0.29, 0.717) is 25.2 Å². The fraction of sp³-hybridized carbons (Fsp3) is 0.941. The van der Waals surface area contributed by atoms with Gasteiger partial charge in [-0.2, -0.15) is 0 Å². The number of alkyl carbamates (subject to hydrolysis) is 1. The summed E-state index contributed by atoms with van der Waals surface area (Å²) in [5.41, 5.74) is -0.759. The molecule has 6 nitrogen and oxygen atoms in total. The van der Waals surface area contributed by atoms with Gasteiger partial charge in [-0.05, 0) is 39.0 Å². The molecule has 1 aliphatic carbocycles. The number of hydrogen-bond donors (Lipinski definition) is 1. The lowest BCUT2D eigenvalue weighted by Gasteiger charge is -2.28. The Labute approximate surface area is 139 Å². The van der Waals surface area contributed by atoms with Crippen LogP contribution >= 0.6 is 0 Å². The second kappa shape index (κ2) is 7.36. The van der Waals surface area contributed by atoms with Crippen molar-refractivity contribution in [1.29, 1.82) is 0 Å². The third kappa shape index (κ3) is 5.62. The summed E-state index contributed by atoms with van der Waals surface area (Å²) in [4.78, 5) is 14.4. The summed E-state index contributed by atoms with van der Waals surface area (Å²) >= 11 is 0. The SMILES string of the molecule is CC(C)C1CC1(COCN1CCOCC1)NC(=O)OC(C)(C)C. The molecule has 0 radical (unpaired) electrons. The molecule has 0 aromatic heterocycles. The summed E-state index contributed by atoms with van der Waals surface area (Å²) in [5, 5.41) is 3.06. The molecule has 2 rings (SSSR count). The van der Waals surface area contributed by atoms with Gasteiger partial charge in [0.05, 0.1) is 32.1 Å². The van der Waals surface area contributed by atoms with Crippen LogP contribution in [0.5, 0.6) is 0 Å². The van der Waals surface area contributed by atoms with Crippen molar-refractivity contribution in [1.82, 2.24) is 10.2 Å². The van der Waals surface area contributed by atoms with Gasteiger partial charge in [0.15, 0.2) is 0 Å². The highest BCUT2D eigenvalue weighted by Crippen LogP contribution is 2.48. The highest BCUT2D eigenvalue weighted by atomic mass is 16.6. The second-order valence-corrected chi connectivity index (χ2v) is 8.05. The van der Waals surface area contributed by atoms with Crippen molar-refractivity contribution in [2.24, 2.45) is 11.8 Å². The average Bonchev–Trinajstić information content (AvgIpc) is 3.12. The van der Waals surface area contributed by atoms with Gasteiger partial charge in [0, 0.05) is 13.1 Å². The average molecular weight is 328 g/mol. The summed E-state index contributed by atoms with van der Waals surface area (Å²) < 4.78 is 16.7. The molecule has 23 heavy (non-hydrogen) atoms. The number of amides is 1. The topological polar surface area (TPSA) is 60.0 Å². The van der Waals surface area contributed by atoms with Crippen molar-refractivity contribution in [2.45, 2.75) is 52.2 Å². The van der Waals surface area contributed by atoms with Crippen molar-refractivity contribution in [3.05, 3.63) is 0 Å². The maximum atomic E-state index is 12.1. The third-order valence-electron chi connectivity index (χ3n) is 4.43. The number of carbonyl (C=O) groups is 1. The summed E-state index contributed by atoms with van der Waals surface area (Å²) in [6, 6.07) is 0. The van der Waals surface area contributed by atoms with Crippen LogP contribution in [0, 0.1) is 11.8 Å². The van der Waals surface area contributed by atoms with Crippen LogP contribution in [0.1, 0.15) is 41.0 Å². The molecule has 6 heteroatoms. The van der Waals surface area contributed by atoms with Gasteiger partial charge in [0.2, 0.25) is 0 Å². The van der Waals surface area contributed by atoms with Gasteiger partial charge >= 0.3 is 6.09 Å². The van der Waals surface area contributed by atoms with Gasteiger partial charge < -0.3 is 19.5 Å². The van der Waals surface area contributed by atoms with Gasteiger partial charge in [-0.1, -0.05) is 13.8 Å². The van der Waals surface area contributed by atoms with E-state index in [4.69, 9.17) is 14.2 Å². The van der Waals surface area contributed by atoms with Crippen LogP contribution in [-0.4, -0.2) is 61.8 Å². The van der Waals surface area contributed by atoms with Crippen LogP contribution in [0.25, 0.3) is 0 Å². The Hall–Kier alpha value is -0.850. The molecule has 2 atom stereocenters. The third-order valence-corrected chi connectivity index (χ3v) is 4.43. The first-order chi connectivity index (χ1) is 10.7. The highest BCUT2D eigenvalue weighted by molar-refractivity contribution is 5.69. The zero-order valence-corrected chi connectivity index (χ0v) is 15.2. The molecule has 1 heterocycles. The van der Waals surface area contributed by atoms with Crippen LogP contribution < -0.4 is 5.32 Å². The Balaban J connectivity index is 1.83. The lowest BCUT2D eigenvalue weighted by atomic mass is 10.0. The minimum Gasteiger partial charge on any atom is -0.444 e. The summed E-state index contributed by atoms with van der Waals surface area (Å²) in [5.74, 6) is 0.955. The van der Waals surface area contributed by atoms with Crippen LogP contribution in [0.4, 0.5) is 4.79 Å². The predicted molar refractivity (Wildman–Crippen MR) is 88.3 cm³/mol. The molecule has 1 N–H and O–H groups in total. The molecule has 1 aliphatic heterocycles. The van der Waals surface area contributed by atoms with Crippen molar-refractivity contribution >= 4 is 6.09 Å². The summed E-state index contributed by atoms with van der Waals surface area (Å²) in [7, 11) is 0. The predicted octanol–water partition coefficient (Wildman–Crippen LogP) is 2.23. The van der Waals surface area contributed by atoms with Crippen LogP contribution in [0.15, 0.2) is 0 Å². The van der Waals surface area contributed by atoms with Gasteiger partial charge in [0.25, 0.3) is 0 Å². The van der Waals surface area contributed by atoms with Crippen LogP contribution in [-0.2, 0) is 14.2 Å². The maximum Gasteiger partial charge on any atom is 0.408 e. The summed E-state index contributed by atoms with van der Waals surface area (Å²) in [6.45, 7) is 14.5. The first-order valence-electron chi connectivity index (χ1n) is 8.61. The highest BCUT2D eigenvalue weighted by Gasteiger charge is 2.57. The number of nitrogens with zero attached hydrogens (tertiary/aromatic N) is 1. The molecule has 0 aromatic rings. The van der Waals surface area contributed by atoms with Gasteiger partial charge in [-0.25, -0.2) is 4.79 Å². The molecule has 1 amide bonds. The Kier molecular flexibility index (Phi) is 5.92. The normalized spacial score (nSPS) is 28.7. The van der Waals surface area contributed by atoms with E-state index in [1.807, 2.05) is 20.8 Å². The first-order valence-corrected chi connectivity index (χ1v) is 8.61. The second-order valence-electron chi connectivity index (χ2n) is 8.05. The molecule has 0 aromatic carbocycles. The number of nitrogens with one attached hydrogen (secondary N) is 1. The fourth-order valence-corrected chi connectivity index (χ4v) is 3.15. The van der Waals surface area contributed by atoms with Crippen LogP contribution in [0.2, 0.25) is 0 Å². The van der Waals surface area contributed by atoms with Gasteiger partial charge in [0.1, 0.15) is 5.60 Å². The number of rotatable bonds is 6. The van der Waals surface area contributed by atoms with Crippen molar-refractivity contribution in [2.75, 3.05) is 39.6 Å². The molecular weight excluding hydrogens is 296 g/mol. The molecule has 1 saturated carbocycles. The number of morpholine rings is 1. The Bertz CT molecular complexity index is 402. The molecular formula is C17H32N2O4. The van der Waals surface area contributed by atoms with Gasteiger partial charge in [-0.3, -0.25) is 4.90 Å². The minimum atomic E-state index is -0.484. The Morgan fingerprint density at radius 1 is 1.35 bits per heavy atom. The number of ether oxygens (including phenoxy) is 3. The van der Waals surface area contributed by atoms with E-state index < -0.39 is 5.60 Å². The standard InChI is InChI=1S/C17H32N2O4/c1-13(2)14-10-17(14,18-15(20)23-16(3,4)5)11-22-12-19-6-8-21-9-7-19/h13-14H,6-12H2,1-5H3,(H,18,20). The molecule has 2 unspecified atom stereocenters. The number of hydrogen-bond acceptors (Lipinski definition) is 5. The van der Waals surface area contributed by atoms with E-state index in [1.54, 1.807) is 0 Å². The molecule has 0 bridgehead atoms. The lowest BCUT2D eigenvalue weighted by Crippen LogP contribution is -2.46. The van der Waals surface area contributed by atoms with E-state index in [9.17, 15) is 4.79 Å². The monoisotopic (exact) mass is 328 g/mol. The quantitative estimate of drug-likeness (QED) is 0.810. The first kappa shape index (κ1) is 18.5. The summed E-state index contributed by atoms with van der Waals surface area (Å²) in [6.07, 6.45) is 0.600. The smallest absolute Gasteiger partial charge is 0.408 e. The lowest BCUT2D eigenvalue weighted by molar-refractivity contribution is -0.0412. The molecule has 2 aliphatic rings.